The van der Waals surface area contributed by atoms with E-state index >= 15 is 0 Å². The highest BCUT2D eigenvalue weighted by atomic mass is 16.5. The maximum absolute atomic E-state index is 5.56. The second-order valence-corrected chi connectivity index (χ2v) is 6.24. The molecule has 0 spiro atoms. The minimum absolute atomic E-state index is 0.558. The van der Waals surface area contributed by atoms with Gasteiger partial charge in [0, 0.05) is 18.5 Å². The number of likely N-dealkylation sites (N-methyl/N-ethyl adjacent to an activating group) is 1. The molecule has 1 aliphatic carbocycles. The Hall–Kier alpha value is -1.07. The summed E-state index contributed by atoms with van der Waals surface area (Å²) in [7, 11) is 5.95. The van der Waals surface area contributed by atoms with E-state index in [9.17, 15) is 0 Å². The quantitative estimate of drug-likeness (QED) is 0.836. The summed E-state index contributed by atoms with van der Waals surface area (Å²) in [4.78, 5) is 2.19. The van der Waals surface area contributed by atoms with E-state index in [-0.39, 0.29) is 0 Å². The lowest BCUT2D eigenvalue weighted by atomic mass is 9.83. The minimum Gasteiger partial charge on any atom is -0.493 e. The van der Waals surface area contributed by atoms with Crippen molar-refractivity contribution >= 4 is 0 Å². The van der Waals surface area contributed by atoms with Gasteiger partial charge >= 0.3 is 0 Å². The molecule has 2 atom stereocenters. The van der Waals surface area contributed by atoms with Crippen LogP contribution in [0.1, 0.15) is 44.2 Å². The SMILES string of the molecule is CCNC1CCCC(c2c(OC)cnn2CCN(C)C)C1. The van der Waals surface area contributed by atoms with E-state index in [0.717, 1.165) is 25.4 Å². The fourth-order valence-electron chi connectivity index (χ4n) is 3.33. The van der Waals surface area contributed by atoms with Gasteiger partial charge in [0.25, 0.3) is 0 Å². The highest BCUT2D eigenvalue weighted by Crippen LogP contribution is 2.37. The first-order chi connectivity index (χ1) is 10.2. The molecule has 1 N–H and O–H groups in total. The van der Waals surface area contributed by atoms with Crippen molar-refractivity contribution in [2.24, 2.45) is 0 Å². The van der Waals surface area contributed by atoms with Gasteiger partial charge in [0.15, 0.2) is 5.75 Å². The van der Waals surface area contributed by atoms with Gasteiger partial charge in [0.2, 0.25) is 0 Å². The Bertz CT molecular complexity index is 428. The van der Waals surface area contributed by atoms with Gasteiger partial charge in [-0.05, 0) is 39.9 Å². The molecule has 1 aromatic heterocycles. The number of hydrogen-bond acceptors (Lipinski definition) is 4. The number of rotatable bonds is 7. The highest BCUT2D eigenvalue weighted by Gasteiger charge is 2.28. The van der Waals surface area contributed by atoms with Crippen molar-refractivity contribution in [3.05, 3.63) is 11.9 Å². The van der Waals surface area contributed by atoms with E-state index in [0.29, 0.717) is 12.0 Å². The van der Waals surface area contributed by atoms with Crippen molar-refractivity contribution in [3.8, 4) is 5.75 Å². The molecule has 0 bridgehead atoms. The first-order valence-electron chi connectivity index (χ1n) is 8.13. The second kappa shape index (κ2) is 7.80. The zero-order valence-electron chi connectivity index (χ0n) is 13.9. The molecule has 120 valence electrons. The van der Waals surface area contributed by atoms with E-state index in [1.807, 2.05) is 6.20 Å². The molecule has 1 saturated carbocycles. The first kappa shape index (κ1) is 16.3. The van der Waals surface area contributed by atoms with Gasteiger partial charge in [-0.15, -0.1) is 0 Å². The number of ether oxygens (including phenoxy) is 1. The molecule has 0 amide bonds. The Morgan fingerprint density at radius 1 is 1.43 bits per heavy atom. The standard InChI is InChI=1S/C16H30N4O/c1-5-17-14-8-6-7-13(11-14)16-15(21-4)12-18-20(16)10-9-19(2)3/h12-14,17H,5-11H2,1-4H3. The molecule has 0 aliphatic heterocycles. The molecular weight excluding hydrogens is 264 g/mol. The van der Waals surface area contributed by atoms with Crippen LogP contribution in [-0.2, 0) is 6.54 Å². The van der Waals surface area contributed by atoms with Crippen LogP contribution >= 0.6 is 0 Å². The predicted octanol–water partition coefficient (Wildman–Crippen LogP) is 2.09. The summed E-state index contributed by atoms with van der Waals surface area (Å²) in [5.74, 6) is 1.51. The Labute approximate surface area is 128 Å². The maximum Gasteiger partial charge on any atom is 0.160 e. The molecule has 1 heterocycles. The molecule has 0 saturated heterocycles. The van der Waals surface area contributed by atoms with E-state index in [4.69, 9.17) is 4.74 Å². The van der Waals surface area contributed by atoms with Gasteiger partial charge in [-0.3, -0.25) is 4.68 Å². The maximum atomic E-state index is 5.56. The molecule has 1 aliphatic rings. The van der Waals surface area contributed by atoms with Crippen molar-refractivity contribution in [1.29, 1.82) is 0 Å². The lowest BCUT2D eigenvalue weighted by molar-refractivity contribution is 0.313. The third-order valence-electron chi connectivity index (χ3n) is 4.38. The van der Waals surface area contributed by atoms with Crippen molar-refractivity contribution in [2.75, 3.05) is 34.3 Å². The molecule has 5 heteroatoms. The Morgan fingerprint density at radius 2 is 2.24 bits per heavy atom. The molecule has 2 rings (SSSR count). The van der Waals surface area contributed by atoms with Crippen LogP contribution in [-0.4, -0.2) is 55.0 Å². The zero-order chi connectivity index (χ0) is 15.2. The molecule has 1 fully saturated rings. The monoisotopic (exact) mass is 294 g/mol. The fraction of sp³-hybridized carbons (Fsp3) is 0.812. The van der Waals surface area contributed by atoms with Gasteiger partial charge in [-0.25, -0.2) is 0 Å². The molecule has 1 aromatic rings. The van der Waals surface area contributed by atoms with Crippen LogP contribution in [0.2, 0.25) is 0 Å². The average Bonchev–Trinajstić information content (AvgIpc) is 2.88. The number of nitrogens with one attached hydrogen (secondary N) is 1. The Kier molecular flexibility index (Phi) is 6.06. The largest absolute Gasteiger partial charge is 0.493 e. The predicted molar refractivity (Wildman–Crippen MR) is 86.0 cm³/mol. The van der Waals surface area contributed by atoms with Crippen LogP contribution in [0, 0.1) is 0 Å². The van der Waals surface area contributed by atoms with Crippen molar-refractivity contribution < 1.29 is 4.74 Å². The summed E-state index contributed by atoms with van der Waals surface area (Å²) in [6.07, 6.45) is 6.88. The fourth-order valence-corrected chi connectivity index (χ4v) is 3.33. The van der Waals surface area contributed by atoms with Gasteiger partial charge in [0.1, 0.15) is 0 Å². The van der Waals surface area contributed by atoms with Crippen LogP contribution in [0.25, 0.3) is 0 Å². The van der Waals surface area contributed by atoms with Crippen molar-refractivity contribution in [3.63, 3.8) is 0 Å². The van der Waals surface area contributed by atoms with Gasteiger partial charge < -0.3 is 15.0 Å². The van der Waals surface area contributed by atoms with Crippen LogP contribution in [0.3, 0.4) is 0 Å². The molecule has 0 radical (unpaired) electrons. The minimum atomic E-state index is 0.558. The summed E-state index contributed by atoms with van der Waals surface area (Å²) in [6, 6.07) is 0.635. The van der Waals surface area contributed by atoms with E-state index < -0.39 is 0 Å². The molecule has 5 nitrogen and oxygen atoms in total. The third-order valence-corrected chi connectivity index (χ3v) is 4.38. The first-order valence-corrected chi connectivity index (χ1v) is 8.13. The summed E-state index contributed by atoms with van der Waals surface area (Å²) in [6.45, 7) is 5.16. The number of methoxy groups -OCH3 is 1. The summed E-state index contributed by atoms with van der Waals surface area (Å²) < 4.78 is 7.71. The molecule has 0 aromatic carbocycles. The lowest BCUT2D eigenvalue weighted by Crippen LogP contribution is -2.34. The lowest BCUT2D eigenvalue weighted by Gasteiger charge is -2.30. The normalized spacial score (nSPS) is 22.7. The van der Waals surface area contributed by atoms with Crippen LogP contribution in [0.4, 0.5) is 0 Å². The summed E-state index contributed by atoms with van der Waals surface area (Å²) in [5.41, 5.74) is 1.29. The Morgan fingerprint density at radius 3 is 2.90 bits per heavy atom. The third kappa shape index (κ3) is 4.20. The van der Waals surface area contributed by atoms with E-state index in [2.05, 4.69) is 41.0 Å². The Balaban J connectivity index is 2.13. The molecule has 21 heavy (non-hydrogen) atoms. The molecular formula is C16H30N4O. The van der Waals surface area contributed by atoms with E-state index in [1.165, 1.54) is 31.4 Å². The van der Waals surface area contributed by atoms with Gasteiger partial charge in [-0.2, -0.15) is 5.10 Å². The highest BCUT2D eigenvalue weighted by molar-refractivity contribution is 5.29. The topological polar surface area (TPSA) is 42.3 Å². The number of nitrogens with zero attached hydrogens (tertiary/aromatic N) is 3. The zero-order valence-corrected chi connectivity index (χ0v) is 13.9. The number of hydrogen-bond donors (Lipinski definition) is 1. The molecule has 2 unspecified atom stereocenters. The van der Waals surface area contributed by atoms with Gasteiger partial charge in [0.05, 0.1) is 25.5 Å². The van der Waals surface area contributed by atoms with Crippen molar-refractivity contribution in [1.82, 2.24) is 20.0 Å². The van der Waals surface area contributed by atoms with Crippen LogP contribution in [0.15, 0.2) is 6.20 Å². The van der Waals surface area contributed by atoms with Gasteiger partial charge in [-0.1, -0.05) is 13.3 Å². The van der Waals surface area contributed by atoms with Crippen molar-refractivity contribution in [2.45, 2.75) is 51.1 Å². The average molecular weight is 294 g/mol. The van der Waals surface area contributed by atoms with E-state index in [1.54, 1.807) is 7.11 Å². The second-order valence-electron chi connectivity index (χ2n) is 6.24. The smallest absolute Gasteiger partial charge is 0.160 e. The summed E-state index contributed by atoms with van der Waals surface area (Å²) >= 11 is 0. The number of aromatic nitrogens is 2. The summed E-state index contributed by atoms with van der Waals surface area (Å²) in [5, 5.41) is 8.15. The van der Waals surface area contributed by atoms with Crippen LogP contribution in [0.5, 0.6) is 5.75 Å². The van der Waals surface area contributed by atoms with Crippen LogP contribution < -0.4 is 10.1 Å².